The molecule has 0 unspecified atom stereocenters. The maximum Gasteiger partial charge on any atom is 0.369 e. The molecule has 2 amide bonds. The number of para-hydroxylation sites is 2. The van der Waals surface area contributed by atoms with Crippen LogP contribution >= 0.6 is 0 Å². The van der Waals surface area contributed by atoms with Crippen molar-refractivity contribution in [2.75, 3.05) is 11.9 Å². The van der Waals surface area contributed by atoms with Gasteiger partial charge in [0.2, 0.25) is 0 Å². The minimum absolute atomic E-state index is 0.296. The highest BCUT2D eigenvalue weighted by molar-refractivity contribution is 5.90. The van der Waals surface area contributed by atoms with Gasteiger partial charge in [0.25, 0.3) is 0 Å². The number of amides is 2. The number of hydrogen-bond acceptors (Lipinski definition) is 4. The second-order valence-electron chi connectivity index (χ2n) is 4.90. The van der Waals surface area contributed by atoms with Crippen molar-refractivity contribution in [3.63, 3.8) is 0 Å². The van der Waals surface area contributed by atoms with Crippen molar-refractivity contribution in [1.82, 2.24) is 5.48 Å². The Morgan fingerprint density at radius 1 is 0.957 bits per heavy atom. The maximum atomic E-state index is 11.7. The van der Waals surface area contributed by atoms with E-state index >= 15 is 0 Å². The fourth-order valence-corrected chi connectivity index (χ4v) is 1.85. The molecular formula is C17H18N2O4. The number of anilines is 1. The van der Waals surface area contributed by atoms with Gasteiger partial charge in [0.05, 0.1) is 0 Å². The first-order valence-corrected chi connectivity index (χ1v) is 7.07. The second kappa shape index (κ2) is 7.84. The van der Waals surface area contributed by atoms with Crippen LogP contribution in [-0.4, -0.2) is 18.6 Å². The molecule has 23 heavy (non-hydrogen) atoms. The molecule has 2 aromatic rings. The average molecular weight is 314 g/mol. The van der Waals surface area contributed by atoms with Gasteiger partial charge in [-0.3, -0.25) is 0 Å². The molecule has 0 fully saturated rings. The predicted molar refractivity (Wildman–Crippen MR) is 86.1 cm³/mol. The first-order chi connectivity index (χ1) is 11.1. The SMILES string of the molecule is Cc1ccccc1NC(=O)NOC(=O)COc1ccccc1C. The highest BCUT2D eigenvalue weighted by Gasteiger charge is 2.09. The van der Waals surface area contributed by atoms with Crippen LogP contribution in [0.1, 0.15) is 11.1 Å². The zero-order valence-corrected chi connectivity index (χ0v) is 13.0. The number of urea groups is 1. The first-order valence-electron chi connectivity index (χ1n) is 7.07. The Hall–Kier alpha value is -3.02. The predicted octanol–water partition coefficient (Wildman–Crippen LogP) is 2.96. The third-order valence-corrected chi connectivity index (χ3v) is 3.09. The molecule has 0 saturated carbocycles. The Balaban J connectivity index is 1.75. The molecule has 120 valence electrons. The highest BCUT2D eigenvalue weighted by Crippen LogP contribution is 2.16. The zero-order valence-electron chi connectivity index (χ0n) is 13.0. The van der Waals surface area contributed by atoms with Crippen molar-refractivity contribution in [3.05, 3.63) is 59.7 Å². The van der Waals surface area contributed by atoms with E-state index in [1.54, 1.807) is 18.2 Å². The van der Waals surface area contributed by atoms with E-state index in [0.717, 1.165) is 11.1 Å². The Morgan fingerprint density at radius 3 is 2.30 bits per heavy atom. The number of aryl methyl sites for hydroxylation is 2. The molecule has 0 aliphatic rings. The fourth-order valence-electron chi connectivity index (χ4n) is 1.85. The van der Waals surface area contributed by atoms with Crippen LogP contribution in [0.5, 0.6) is 5.75 Å². The molecule has 2 N–H and O–H groups in total. The molecule has 0 spiro atoms. The van der Waals surface area contributed by atoms with Crippen molar-refractivity contribution in [2.24, 2.45) is 0 Å². The maximum absolute atomic E-state index is 11.7. The topological polar surface area (TPSA) is 76.7 Å². The molecule has 0 bridgehead atoms. The van der Waals surface area contributed by atoms with E-state index in [4.69, 9.17) is 4.74 Å². The third kappa shape index (κ3) is 5.03. The summed E-state index contributed by atoms with van der Waals surface area (Å²) in [6.07, 6.45) is 0. The molecular weight excluding hydrogens is 296 g/mol. The van der Waals surface area contributed by atoms with Crippen molar-refractivity contribution in [1.29, 1.82) is 0 Å². The molecule has 0 aromatic heterocycles. The molecule has 0 heterocycles. The van der Waals surface area contributed by atoms with Gasteiger partial charge in [-0.15, -0.1) is 0 Å². The lowest BCUT2D eigenvalue weighted by Crippen LogP contribution is -2.33. The van der Waals surface area contributed by atoms with Crippen LogP contribution in [0.15, 0.2) is 48.5 Å². The number of nitrogens with one attached hydrogen (secondary N) is 2. The van der Waals surface area contributed by atoms with Crippen molar-refractivity contribution in [3.8, 4) is 5.75 Å². The van der Waals surface area contributed by atoms with Gasteiger partial charge in [-0.1, -0.05) is 36.4 Å². The Kier molecular flexibility index (Phi) is 5.57. The summed E-state index contributed by atoms with van der Waals surface area (Å²) in [6, 6.07) is 13.9. The van der Waals surface area contributed by atoms with Crippen LogP contribution < -0.4 is 15.5 Å². The summed E-state index contributed by atoms with van der Waals surface area (Å²) in [5, 5.41) is 2.58. The van der Waals surface area contributed by atoms with Gasteiger partial charge in [-0.2, -0.15) is 5.48 Å². The number of ether oxygens (including phenoxy) is 1. The van der Waals surface area contributed by atoms with E-state index in [2.05, 4.69) is 10.2 Å². The molecule has 0 radical (unpaired) electrons. The third-order valence-electron chi connectivity index (χ3n) is 3.09. The number of carbonyl (C=O) groups excluding carboxylic acids is 2. The quantitative estimate of drug-likeness (QED) is 0.851. The minimum Gasteiger partial charge on any atom is -0.482 e. The summed E-state index contributed by atoms with van der Waals surface area (Å²) in [6.45, 7) is 3.43. The van der Waals surface area contributed by atoms with Crippen LogP contribution in [-0.2, 0) is 9.63 Å². The smallest absolute Gasteiger partial charge is 0.369 e. The summed E-state index contributed by atoms with van der Waals surface area (Å²) in [5.41, 5.74) is 4.47. The molecule has 0 aliphatic heterocycles. The van der Waals surface area contributed by atoms with Gasteiger partial charge in [0.15, 0.2) is 6.61 Å². The monoisotopic (exact) mass is 314 g/mol. The lowest BCUT2D eigenvalue weighted by molar-refractivity contribution is -0.150. The van der Waals surface area contributed by atoms with E-state index in [0.29, 0.717) is 11.4 Å². The van der Waals surface area contributed by atoms with Crippen molar-refractivity contribution >= 4 is 17.7 Å². The van der Waals surface area contributed by atoms with E-state index in [9.17, 15) is 9.59 Å². The van der Waals surface area contributed by atoms with Gasteiger partial charge >= 0.3 is 12.0 Å². The molecule has 0 saturated heterocycles. The molecule has 0 aliphatic carbocycles. The lowest BCUT2D eigenvalue weighted by atomic mass is 10.2. The Labute approximate surface area is 134 Å². The molecule has 6 heteroatoms. The van der Waals surface area contributed by atoms with Crippen LogP contribution in [0.2, 0.25) is 0 Å². The largest absolute Gasteiger partial charge is 0.482 e. The van der Waals surface area contributed by atoms with Crippen LogP contribution in [0.3, 0.4) is 0 Å². The molecule has 2 aromatic carbocycles. The standard InChI is InChI=1S/C17H18N2O4/c1-12-7-3-5-9-14(12)18-17(21)19-23-16(20)11-22-15-10-6-4-8-13(15)2/h3-10H,11H2,1-2H3,(H2,18,19,21). The summed E-state index contributed by atoms with van der Waals surface area (Å²) >= 11 is 0. The number of rotatable bonds is 4. The fraction of sp³-hybridized carbons (Fsp3) is 0.176. The van der Waals surface area contributed by atoms with E-state index < -0.39 is 12.0 Å². The lowest BCUT2D eigenvalue weighted by Gasteiger charge is -2.10. The molecule has 0 atom stereocenters. The van der Waals surface area contributed by atoms with Gasteiger partial charge in [-0.25, -0.2) is 9.59 Å². The van der Waals surface area contributed by atoms with Crippen molar-refractivity contribution in [2.45, 2.75) is 13.8 Å². The summed E-state index contributed by atoms with van der Waals surface area (Å²) in [4.78, 5) is 27.9. The number of carbonyl (C=O) groups is 2. The minimum atomic E-state index is -0.701. The van der Waals surface area contributed by atoms with Gasteiger partial charge in [-0.05, 0) is 37.1 Å². The number of benzene rings is 2. The van der Waals surface area contributed by atoms with E-state index in [1.807, 2.05) is 49.7 Å². The highest BCUT2D eigenvalue weighted by atomic mass is 16.7. The molecule has 2 rings (SSSR count). The van der Waals surface area contributed by atoms with Gasteiger partial charge < -0.3 is 14.9 Å². The van der Waals surface area contributed by atoms with Gasteiger partial charge in [0.1, 0.15) is 5.75 Å². The molecule has 6 nitrogen and oxygen atoms in total. The van der Waals surface area contributed by atoms with Crippen LogP contribution in [0.25, 0.3) is 0 Å². The van der Waals surface area contributed by atoms with Crippen LogP contribution in [0, 0.1) is 13.8 Å². The summed E-state index contributed by atoms with van der Waals surface area (Å²) in [5.74, 6) is -0.109. The normalized spacial score (nSPS) is 9.83. The summed E-state index contributed by atoms with van der Waals surface area (Å²) < 4.78 is 5.32. The van der Waals surface area contributed by atoms with Crippen LogP contribution in [0.4, 0.5) is 10.5 Å². The number of hydroxylamine groups is 1. The summed E-state index contributed by atoms with van der Waals surface area (Å²) in [7, 11) is 0. The first kappa shape index (κ1) is 16.4. The second-order valence-corrected chi connectivity index (χ2v) is 4.90. The van der Waals surface area contributed by atoms with Crippen molar-refractivity contribution < 1.29 is 19.2 Å². The number of hydrogen-bond donors (Lipinski definition) is 2. The Bertz CT molecular complexity index is 700. The zero-order chi connectivity index (χ0) is 16.7. The Morgan fingerprint density at radius 2 is 1.61 bits per heavy atom. The average Bonchev–Trinajstić information content (AvgIpc) is 2.54. The van der Waals surface area contributed by atoms with E-state index in [1.165, 1.54) is 0 Å². The van der Waals surface area contributed by atoms with E-state index in [-0.39, 0.29) is 6.61 Å². The van der Waals surface area contributed by atoms with Gasteiger partial charge in [0, 0.05) is 5.69 Å².